The standard InChI is InChI=1S/C15H18FN3O2S/c16-11-5-3-10(4-6-11)13(20)2-1-9-22-15-18-17-14(21)19(15)12-7-8-12/h3-6,12-13,20H,1-2,7-9H2,(H,17,21). The normalized spacial score (nSPS) is 15.9. The molecule has 3 rings (SSSR count). The molecule has 1 unspecified atom stereocenters. The Morgan fingerprint density at radius 3 is 2.82 bits per heavy atom. The SMILES string of the molecule is O=c1[nH]nc(SCCCC(O)c2ccc(F)cc2)n1C1CC1. The lowest BCUT2D eigenvalue weighted by molar-refractivity contribution is 0.167. The average molecular weight is 323 g/mol. The van der Waals surface area contributed by atoms with E-state index in [1.807, 2.05) is 0 Å². The van der Waals surface area contributed by atoms with Gasteiger partial charge in [-0.25, -0.2) is 14.3 Å². The first-order chi connectivity index (χ1) is 10.6. The molecule has 1 atom stereocenters. The van der Waals surface area contributed by atoms with Gasteiger partial charge in [-0.2, -0.15) is 0 Å². The number of aliphatic hydroxyl groups is 1. The average Bonchev–Trinajstić information content (AvgIpc) is 3.28. The van der Waals surface area contributed by atoms with Gasteiger partial charge in [-0.3, -0.25) is 4.57 Å². The summed E-state index contributed by atoms with van der Waals surface area (Å²) in [6.07, 6.45) is 2.86. The zero-order chi connectivity index (χ0) is 15.5. The van der Waals surface area contributed by atoms with E-state index in [0.29, 0.717) is 12.5 Å². The van der Waals surface area contributed by atoms with Gasteiger partial charge in [0.2, 0.25) is 0 Å². The van der Waals surface area contributed by atoms with E-state index in [9.17, 15) is 14.3 Å². The maximum absolute atomic E-state index is 12.8. The van der Waals surface area contributed by atoms with E-state index in [1.165, 1.54) is 23.9 Å². The Morgan fingerprint density at radius 2 is 2.14 bits per heavy atom. The molecule has 2 N–H and O–H groups in total. The minimum atomic E-state index is -0.592. The number of aromatic nitrogens is 3. The number of halogens is 1. The second-order valence-electron chi connectivity index (χ2n) is 5.47. The highest BCUT2D eigenvalue weighted by atomic mass is 32.2. The van der Waals surface area contributed by atoms with Crippen molar-refractivity contribution in [1.82, 2.24) is 14.8 Å². The topological polar surface area (TPSA) is 70.9 Å². The van der Waals surface area contributed by atoms with E-state index in [2.05, 4.69) is 10.2 Å². The number of H-pyrrole nitrogens is 1. The van der Waals surface area contributed by atoms with Crippen LogP contribution in [0.25, 0.3) is 0 Å². The summed E-state index contributed by atoms with van der Waals surface area (Å²) in [6.45, 7) is 0. The van der Waals surface area contributed by atoms with E-state index < -0.39 is 6.10 Å². The summed E-state index contributed by atoms with van der Waals surface area (Å²) in [5, 5.41) is 17.3. The molecule has 1 aromatic carbocycles. The predicted octanol–water partition coefficient (Wildman–Crippen LogP) is 2.65. The van der Waals surface area contributed by atoms with Crippen LogP contribution in [-0.2, 0) is 0 Å². The van der Waals surface area contributed by atoms with Gasteiger partial charge in [0.25, 0.3) is 0 Å². The summed E-state index contributed by atoms with van der Waals surface area (Å²) in [5.74, 6) is 0.470. The Hall–Kier alpha value is -1.60. The summed E-state index contributed by atoms with van der Waals surface area (Å²) in [5.41, 5.74) is 0.581. The van der Waals surface area contributed by atoms with Crippen molar-refractivity contribution in [2.45, 2.75) is 43.0 Å². The lowest BCUT2D eigenvalue weighted by Gasteiger charge is -2.10. The third kappa shape index (κ3) is 3.59. The fourth-order valence-electron chi connectivity index (χ4n) is 2.34. The number of nitrogens with one attached hydrogen (secondary N) is 1. The Kier molecular flexibility index (Phi) is 4.63. The molecule has 1 fully saturated rings. The Bertz CT molecular complexity index is 679. The van der Waals surface area contributed by atoms with Crippen LogP contribution in [-0.4, -0.2) is 25.6 Å². The first-order valence-corrected chi connectivity index (χ1v) is 8.37. The molecule has 0 aliphatic heterocycles. The van der Waals surface area contributed by atoms with Gasteiger partial charge in [0.05, 0.1) is 6.10 Å². The van der Waals surface area contributed by atoms with Crippen molar-refractivity contribution in [2.24, 2.45) is 0 Å². The molecule has 22 heavy (non-hydrogen) atoms. The Balaban J connectivity index is 1.47. The molecule has 7 heteroatoms. The van der Waals surface area contributed by atoms with Gasteiger partial charge in [0, 0.05) is 11.8 Å². The molecule has 1 heterocycles. The van der Waals surface area contributed by atoms with Crippen LogP contribution >= 0.6 is 11.8 Å². The van der Waals surface area contributed by atoms with Crippen LogP contribution in [0.15, 0.2) is 34.2 Å². The molecule has 1 aromatic heterocycles. The molecule has 1 aliphatic carbocycles. The fourth-order valence-corrected chi connectivity index (χ4v) is 3.31. The molecule has 0 saturated heterocycles. The first kappa shape index (κ1) is 15.3. The van der Waals surface area contributed by atoms with Crippen LogP contribution in [0.5, 0.6) is 0 Å². The molecule has 1 aliphatic rings. The van der Waals surface area contributed by atoms with Crippen LogP contribution in [0.2, 0.25) is 0 Å². The molecule has 118 valence electrons. The van der Waals surface area contributed by atoms with Gasteiger partial charge >= 0.3 is 5.69 Å². The predicted molar refractivity (Wildman–Crippen MR) is 82.4 cm³/mol. The first-order valence-electron chi connectivity index (χ1n) is 7.38. The number of rotatable bonds is 7. The minimum absolute atomic E-state index is 0.142. The molecule has 0 spiro atoms. The lowest BCUT2D eigenvalue weighted by atomic mass is 10.1. The van der Waals surface area contributed by atoms with Crippen molar-refractivity contribution in [2.75, 3.05) is 5.75 Å². The number of thioether (sulfide) groups is 1. The summed E-state index contributed by atoms with van der Waals surface area (Å²) >= 11 is 1.53. The third-order valence-corrected chi connectivity index (χ3v) is 4.73. The van der Waals surface area contributed by atoms with Crippen molar-refractivity contribution < 1.29 is 9.50 Å². The number of aromatic amines is 1. The van der Waals surface area contributed by atoms with Crippen molar-refractivity contribution in [3.63, 3.8) is 0 Å². The third-order valence-electron chi connectivity index (χ3n) is 3.69. The molecule has 1 saturated carbocycles. The van der Waals surface area contributed by atoms with E-state index in [-0.39, 0.29) is 11.5 Å². The molecule has 0 amide bonds. The lowest BCUT2D eigenvalue weighted by Crippen LogP contribution is -2.16. The smallest absolute Gasteiger partial charge is 0.344 e. The molecular formula is C15H18FN3O2S. The zero-order valence-electron chi connectivity index (χ0n) is 12.0. The van der Waals surface area contributed by atoms with Gasteiger partial charge in [-0.1, -0.05) is 23.9 Å². The molecule has 0 radical (unpaired) electrons. The highest BCUT2D eigenvalue weighted by Crippen LogP contribution is 2.36. The van der Waals surface area contributed by atoms with E-state index in [0.717, 1.165) is 35.7 Å². The van der Waals surface area contributed by atoms with Gasteiger partial charge in [-0.15, -0.1) is 5.10 Å². The number of aliphatic hydroxyl groups excluding tert-OH is 1. The molecule has 5 nitrogen and oxygen atoms in total. The molecule has 0 bridgehead atoms. The Morgan fingerprint density at radius 1 is 1.41 bits per heavy atom. The maximum Gasteiger partial charge on any atom is 0.344 e. The number of benzene rings is 1. The number of hydrogen-bond acceptors (Lipinski definition) is 4. The maximum atomic E-state index is 12.8. The quantitative estimate of drug-likeness (QED) is 0.607. The van der Waals surface area contributed by atoms with Gasteiger partial charge in [-0.05, 0) is 43.4 Å². The molecular weight excluding hydrogens is 305 g/mol. The van der Waals surface area contributed by atoms with Crippen molar-refractivity contribution >= 4 is 11.8 Å². The van der Waals surface area contributed by atoms with Gasteiger partial charge < -0.3 is 5.11 Å². The Labute approximate surface area is 131 Å². The highest BCUT2D eigenvalue weighted by molar-refractivity contribution is 7.99. The van der Waals surface area contributed by atoms with E-state index in [4.69, 9.17) is 0 Å². The van der Waals surface area contributed by atoms with Crippen LogP contribution in [0.4, 0.5) is 4.39 Å². The van der Waals surface area contributed by atoms with Gasteiger partial charge in [0.1, 0.15) is 5.82 Å². The van der Waals surface area contributed by atoms with E-state index in [1.54, 1.807) is 16.7 Å². The zero-order valence-corrected chi connectivity index (χ0v) is 12.9. The van der Waals surface area contributed by atoms with Crippen molar-refractivity contribution in [3.05, 3.63) is 46.1 Å². The summed E-state index contributed by atoms with van der Waals surface area (Å²) in [4.78, 5) is 11.6. The second-order valence-corrected chi connectivity index (χ2v) is 6.53. The second kappa shape index (κ2) is 6.66. The summed E-state index contributed by atoms with van der Waals surface area (Å²) < 4.78 is 14.6. The van der Waals surface area contributed by atoms with Crippen LogP contribution < -0.4 is 5.69 Å². The van der Waals surface area contributed by atoms with Crippen molar-refractivity contribution in [3.8, 4) is 0 Å². The summed E-state index contributed by atoms with van der Waals surface area (Å²) in [7, 11) is 0. The highest BCUT2D eigenvalue weighted by Gasteiger charge is 2.28. The number of nitrogens with zero attached hydrogens (tertiary/aromatic N) is 2. The number of hydrogen-bond donors (Lipinski definition) is 2. The van der Waals surface area contributed by atoms with Gasteiger partial charge in [0.15, 0.2) is 5.16 Å². The minimum Gasteiger partial charge on any atom is -0.388 e. The van der Waals surface area contributed by atoms with Crippen LogP contribution in [0.3, 0.4) is 0 Å². The van der Waals surface area contributed by atoms with Crippen molar-refractivity contribution in [1.29, 1.82) is 0 Å². The van der Waals surface area contributed by atoms with Crippen LogP contribution in [0, 0.1) is 5.82 Å². The monoisotopic (exact) mass is 323 g/mol. The summed E-state index contributed by atoms with van der Waals surface area (Å²) in [6, 6.07) is 6.21. The van der Waals surface area contributed by atoms with E-state index >= 15 is 0 Å². The molecule has 2 aromatic rings. The fraction of sp³-hybridized carbons (Fsp3) is 0.467. The van der Waals surface area contributed by atoms with Crippen LogP contribution in [0.1, 0.15) is 43.4 Å². The largest absolute Gasteiger partial charge is 0.388 e.